The molecule has 0 aliphatic carbocycles. The molecule has 0 spiro atoms. The number of aromatic amines is 1. The fourth-order valence-corrected chi connectivity index (χ4v) is 2.52. The predicted octanol–water partition coefficient (Wildman–Crippen LogP) is 1.87. The molecular formula is C10H13F2N5OS. The van der Waals surface area contributed by atoms with Crippen molar-refractivity contribution in [1.82, 2.24) is 24.3 Å². The van der Waals surface area contributed by atoms with E-state index < -0.39 is 6.55 Å². The summed E-state index contributed by atoms with van der Waals surface area (Å²) in [7, 11) is 0. The van der Waals surface area contributed by atoms with Crippen LogP contribution in [0.25, 0.3) is 0 Å². The van der Waals surface area contributed by atoms with E-state index >= 15 is 0 Å². The molecule has 0 fully saturated rings. The SMILES string of the molecule is CCCn1c(SCc2nccn2C(F)F)n[nH]c1=O. The summed E-state index contributed by atoms with van der Waals surface area (Å²) in [6.45, 7) is -0.131. The van der Waals surface area contributed by atoms with Crippen LogP contribution < -0.4 is 5.69 Å². The van der Waals surface area contributed by atoms with Crippen LogP contribution in [0.4, 0.5) is 8.78 Å². The molecule has 0 saturated carbocycles. The molecule has 0 atom stereocenters. The molecule has 0 unspecified atom stereocenters. The highest BCUT2D eigenvalue weighted by atomic mass is 32.2. The number of nitrogens with zero attached hydrogens (tertiary/aromatic N) is 4. The van der Waals surface area contributed by atoms with Gasteiger partial charge in [0.25, 0.3) is 0 Å². The number of hydrogen-bond acceptors (Lipinski definition) is 4. The molecule has 19 heavy (non-hydrogen) atoms. The second kappa shape index (κ2) is 6.00. The van der Waals surface area contributed by atoms with Gasteiger partial charge in [-0.2, -0.15) is 8.78 Å². The Hall–Kier alpha value is -1.64. The van der Waals surface area contributed by atoms with Crippen LogP contribution in [0.3, 0.4) is 0 Å². The molecule has 2 rings (SSSR count). The fourth-order valence-electron chi connectivity index (χ4n) is 1.60. The zero-order valence-corrected chi connectivity index (χ0v) is 11.0. The molecular weight excluding hydrogens is 276 g/mol. The van der Waals surface area contributed by atoms with E-state index in [9.17, 15) is 13.6 Å². The van der Waals surface area contributed by atoms with Crippen molar-refractivity contribution < 1.29 is 8.78 Å². The van der Waals surface area contributed by atoms with E-state index in [4.69, 9.17) is 0 Å². The smallest absolute Gasteiger partial charge is 0.277 e. The maximum absolute atomic E-state index is 12.6. The van der Waals surface area contributed by atoms with Crippen LogP contribution in [0.5, 0.6) is 0 Å². The van der Waals surface area contributed by atoms with Crippen LogP contribution in [0.15, 0.2) is 22.3 Å². The van der Waals surface area contributed by atoms with Crippen molar-refractivity contribution in [1.29, 1.82) is 0 Å². The van der Waals surface area contributed by atoms with E-state index in [1.54, 1.807) is 0 Å². The van der Waals surface area contributed by atoms with Crippen LogP contribution in [0.2, 0.25) is 0 Å². The maximum atomic E-state index is 12.6. The van der Waals surface area contributed by atoms with Crippen LogP contribution in [-0.2, 0) is 12.3 Å². The Bertz CT molecular complexity index is 591. The Kier molecular flexibility index (Phi) is 4.35. The number of aromatic nitrogens is 5. The average Bonchev–Trinajstić information content (AvgIpc) is 2.96. The van der Waals surface area contributed by atoms with E-state index in [2.05, 4.69) is 15.2 Å². The first-order valence-corrected chi connectivity index (χ1v) is 6.70. The van der Waals surface area contributed by atoms with Crippen molar-refractivity contribution in [3.05, 3.63) is 28.7 Å². The summed E-state index contributed by atoms with van der Waals surface area (Å²) in [5.74, 6) is 0.476. The van der Waals surface area contributed by atoms with Crippen LogP contribution in [-0.4, -0.2) is 24.3 Å². The first-order valence-electron chi connectivity index (χ1n) is 5.71. The highest BCUT2D eigenvalue weighted by Crippen LogP contribution is 2.21. The van der Waals surface area contributed by atoms with Gasteiger partial charge in [0.15, 0.2) is 5.16 Å². The summed E-state index contributed by atoms with van der Waals surface area (Å²) in [6.07, 6.45) is 3.34. The Morgan fingerprint density at radius 1 is 1.53 bits per heavy atom. The highest BCUT2D eigenvalue weighted by Gasteiger charge is 2.14. The Morgan fingerprint density at radius 2 is 2.32 bits per heavy atom. The molecule has 0 bridgehead atoms. The fraction of sp³-hybridized carbons (Fsp3) is 0.500. The van der Waals surface area contributed by atoms with Crippen LogP contribution in [0, 0.1) is 0 Å². The molecule has 9 heteroatoms. The maximum Gasteiger partial charge on any atom is 0.343 e. The van der Waals surface area contributed by atoms with Crippen LogP contribution >= 0.6 is 11.8 Å². The van der Waals surface area contributed by atoms with Gasteiger partial charge in [-0.05, 0) is 6.42 Å². The lowest BCUT2D eigenvalue weighted by Gasteiger charge is -2.06. The summed E-state index contributed by atoms with van der Waals surface area (Å²) in [5.41, 5.74) is -0.290. The number of imidazole rings is 1. The topological polar surface area (TPSA) is 68.5 Å². The molecule has 0 aliphatic rings. The normalized spacial score (nSPS) is 11.4. The molecule has 2 aromatic rings. The van der Waals surface area contributed by atoms with Crippen molar-refractivity contribution >= 4 is 11.8 Å². The van der Waals surface area contributed by atoms with Gasteiger partial charge in [0, 0.05) is 18.9 Å². The van der Waals surface area contributed by atoms with Crippen molar-refractivity contribution in [3.8, 4) is 0 Å². The molecule has 0 aliphatic heterocycles. The first-order chi connectivity index (χ1) is 9.13. The minimum absolute atomic E-state index is 0.228. The molecule has 104 valence electrons. The Labute approximate surface area is 111 Å². The number of halogens is 2. The molecule has 2 heterocycles. The summed E-state index contributed by atoms with van der Waals surface area (Å²) in [4.78, 5) is 15.3. The summed E-state index contributed by atoms with van der Waals surface area (Å²) >= 11 is 1.20. The van der Waals surface area contributed by atoms with E-state index in [-0.39, 0.29) is 17.3 Å². The molecule has 0 radical (unpaired) electrons. The largest absolute Gasteiger partial charge is 0.343 e. The number of hydrogen-bond donors (Lipinski definition) is 1. The summed E-state index contributed by atoms with van der Waals surface area (Å²) < 4.78 is 27.5. The van der Waals surface area contributed by atoms with Gasteiger partial charge in [-0.1, -0.05) is 18.7 Å². The second-order valence-electron chi connectivity index (χ2n) is 3.78. The van der Waals surface area contributed by atoms with Crippen molar-refractivity contribution in [2.45, 2.75) is 37.3 Å². The second-order valence-corrected chi connectivity index (χ2v) is 4.72. The quantitative estimate of drug-likeness (QED) is 0.824. The minimum atomic E-state index is -2.62. The zero-order valence-electron chi connectivity index (χ0n) is 10.2. The number of thioether (sulfide) groups is 1. The zero-order chi connectivity index (χ0) is 13.8. The van der Waals surface area contributed by atoms with Gasteiger partial charge < -0.3 is 0 Å². The molecule has 2 aromatic heterocycles. The highest BCUT2D eigenvalue weighted by molar-refractivity contribution is 7.98. The molecule has 6 nitrogen and oxygen atoms in total. The van der Waals surface area contributed by atoms with Gasteiger partial charge in [0.2, 0.25) is 0 Å². The first kappa shape index (κ1) is 13.8. The lowest BCUT2D eigenvalue weighted by Crippen LogP contribution is -2.17. The number of H-pyrrole nitrogens is 1. The number of rotatable bonds is 6. The van der Waals surface area contributed by atoms with Gasteiger partial charge in [0.1, 0.15) is 5.82 Å². The molecule has 1 N–H and O–H groups in total. The molecule has 0 amide bonds. The lowest BCUT2D eigenvalue weighted by atomic mass is 10.5. The van der Waals surface area contributed by atoms with Crippen molar-refractivity contribution in [3.63, 3.8) is 0 Å². The summed E-state index contributed by atoms with van der Waals surface area (Å²) in [5, 5.41) is 6.71. The number of nitrogens with one attached hydrogen (secondary N) is 1. The summed E-state index contributed by atoms with van der Waals surface area (Å²) in [6, 6.07) is 0. The third kappa shape index (κ3) is 3.03. The van der Waals surface area contributed by atoms with Gasteiger partial charge >= 0.3 is 12.2 Å². The number of alkyl halides is 2. The third-order valence-corrected chi connectivity index (χ3v) is 3.43. The van der Waals surface area contributed by atoms with Gasteiger partial charge in [-0.25, -0.2) is 14.9 Å². The van der Waals surface area contributed by atoms with E-state index in [1.807, 2.05) is 6.92 Å². The Balaban J connectivity index is 2.10. The molecule has 0 aromatic carbocycles. The van der Waals surface area contributed by atoms with Crippen molar-refractivity contribution in [2.24, 2.45) is 0 Å². The van der Waals surface area contributed by atoms with Gasteiger partial charge in [-0.3, -0.25) is 9.13 Å². The third-order valence-electron chi connectivity index (χ3n) is 2.46. The lowest BCUT2D eigenvalue weighted by molar-refractivity contribution is 0.0678. The minimum Gasteiger partial charge on any atom is -0.277 e. The Morgan fingerprint density at radius 3 is 3.00 bits per heavy atom. The predicted molar refractivity (Wildman–Crippen MR) is 66.2 cm³/mol. The molecule has 0 saturated heterocycles. The van der Waals surface area contributed by atoms with E-state index in [0.29, 0.717) is 11.7 Å². The van der Waals surface area contributed by atoms with Crippen LogP contribution in [0.1, 0.15) is 25.7 Å². The van der Waals surface area contributed by atoms with E-state index in [1.165, 1.54) is 28.7 Å². The standard InChI is InChI=1S/C10H13F2N5OS/c1-2-4-17-9(18)14-15-10(17)19-6-7-13-3-5-16(7)8(11)12/h3,5,8H,2,4,6H2,1H3,(H,14,18). The van der Waals surface area contributed by atoms with E-state index in [0.717, 1.165) is 11.0 Å². The van der Waals surface area contributed by atoms with Gasteiger partial charge in [-0.15, -0.1) is 5.10 Å². The monoisotopic (exact) mass is 289 g/mol. The van der Waals surface area contributed by atoms with Gasteiger partial charge in [0.05, 0.1) is 5.75 Å². The average molecular weight is 289 g/mol. The van der Waals surface area contributed by atoms with Crippen molar-refractivity contribution in [2.75, 3.05) is 0 Å².